The molecule has 1 aliphatic heterocycles. The number of aromatic nitrogens is 3. The summed E-state index contributed by atoms with van der Waals surface area (Å²) in [5.41, 5.74) is 1.89. The van der Waals surface area contributed by atoms with E-state index in [9.17, 15) is 4.79 Å². The van der Waals surface area contributed by atoms with Crippen molar-refractivity contribution in [1.82, 2.24) is 19.9 Å². The summed E-state index contributed by atoms with van der Waals surface area (Å²) < 4.78 is 0. The van der Waals surface area contributed by atoms with Gasteiger partial charge >= 0.3 is 0 Å². The molecule has 0 aromatic carbocycles. The lowest BCUT2D eigenvalue weighted by atomic mass is 9.97. The number of nitrogens with zero attached hydrogens (tertiary/aromatic N) is 4. The van der Waals surface area contributed by atoms with E-state index >= 15 is 0 Å². The standard InChI is InChI=1S/C21H32N6O/c1-13(2)18-10-17-12-23-21(26-19(17)20(25-18)24-14(3)4)22-11-16-6-8-27(9-7-16)15(5)28/h10,12-14,16H,6-9,11H2,1-5H3,(H,24,25)(H,22,23,26). The molecule has 0 spiro atoms. The molecule has 1 saturated heterocycles. The molecule has 0 unspecified atom stereocenters. The quantitative estimate of drug-likeness (QED) is 0.791. The fourth-order valence-electron chi connectivity index (χ4n) is 3.50. The van der Waals surface area contributed by atoms with Gasteiger partial charge in [-0.25, -0.2) is 15.0 Å². The van der Waals surface area contributed by atoms with Crippen molar-refractivity contribution >= 4 is 28.6 Å². The summed E-state index contributed by atoms with van der Waals surface area (Å²) in [6, 6.07) is 2.35. The predicted molar refractivity (Wildman–Crippen MR) is 114 cm³/mol. The van der Waals surface area contributed by atoms with E-state index in [1.807, 2.05) is 11.1 Å². The average Bonchev–Trinajstić information content (AvgIpc) is 2.66. The van der Waals surface area contributed by atoms with Gasteiger partial charge in [-0.3, -0.25) is 4.79 Å². The SMILES string of the molecule is CC(=O)N1CCC(CNc2ncc3cc(C(C)C)nc(NC(C)C)c3n2)CC1. The van der Waals surface area contributed by atoms with E-state index < -0.39 is 0 Å². The van der Waals surface area contributed by atoms with Gasteiger partial charge in [0.15, 0.2) is 5.82 Å². The van der Waals surface area contributed by atoms with E-state index in [4.69, 9.17) is 9.97 Å². The summed E-state index contributed by atoms with van der Waals surface area (Å²) in [5, 5.41) is 7.81. The second-order valence-corrected chi connectivity index (χ2v) is 8.31. The molecule has 7 nitrogen and oxygen atoms in total. The first-order valence-electron chi connectivity index (χ1n) is 10.3. The van der Waals surface area contributed by atoms with Crippen LogP contribution in [0.3, 0.4) is 0 Å². The molecule has 2 aromatic rings. The van der Waals surface area contributed by atoms with Gasteiger partial charge < -0.3 is 15.5 Å². The highest BCUT2D eigenvalue weighted by Gasteiger charge is 2.21. The molecule has 2 N–H and O–H groups in total. The van der Waals surface area contributed by atoms with Crippen LogP contribution in [0.25, 0.3) is 10.9 Å². The van der Waals surface area contributed by atoms with Crippen LogP contribution in [-0.4, -0.2) is 51.4 Å². The van der Waals surface area contributed by atoms with E-state index in [2.05, 4.69) is 49.4 Å². The maximum absolute atomic E-state index is 11.5. The number of fused-ring (bicyclic) bond motifs is 1. The Balaban J connectivity index is 1.74. The van der Waals surface area contributed by atoms with Gasteiger partial charge in [-0.2, -0.15) is 0 Å². The number of nitrogens with one attached hydrogen (secondary N) is 2. The number of hydrogen-bond donors (Lipinski definition) is 2. The number of piperidine rings is 1. The molecule has 3 heterocycles. The van der Waals surface area contributed by atoms with E-state index in [0.717, 1.165) is 54.9 Å². The van der Waals surface area contributed by atoms with Crippen molar-refractivity contribution in [3.8, 4) is 0 Å². The predicted octanol–water partition coefficient (Wildman–Crippen LogP) is 3.64. The molecule has 28 heavy (non-hydrogen) atoms. The molecule has 3 rings (SSSR count). The first-order chi connectivity index (χ1) is 13.3. The van der Waals surface area contributed by atoms with Crippen molar-refractivity contribution < 1.29 is 4.79 Å². The number of anilines is 2. The molecule has 1 amide bonds. The lowest BCUT2D eigenvalue weighted by Crippen LogP contribution is -2.38. The number of pyridine rings is 1. The van der Waals surface area contributed by atoms with Crippen LogP contribution >= 0.6 is 0 Å². The lowest BCUT2D eigenvalue weighted by Gasteiger charge is -2.31. The Labute approximate surface area is 167 Å². The zero-order valence-corrected chi connectivity index (χ0v) is 17.6. The molecule has 2 aromatic heterocycles. The summed E-state index contributed by atoms with van der Waals surface area (Å²) in [6.45, 7) is 12.6. The topological polar surface area (TPSA) is 83.0 Å². The average molecular weight is 385 g/mol. The van der Waals surface area contributed by atoms with Crippen molar-refractivity contribution in [2.24, 2.45) is 5.92 Å². The molecule has 0 bridgehead atoms. The van der Waals surface area contributed by atoms with E-state index in [1.165, 1.54) is 0 Å². The van der Waals surface area contributed by atoms with Crippen molar-refractivity contribution in [2.75, 3.05) is 30.3 Å². The normalized spacial score (nSPS) is 15.5. The third-order valence-electron chi connectivity index (χ3n) is 5.21. The van der Waals surface area contributed by atoms with Crippen molar-refractivity contribution in [3.63, 3.8) is 0 Å². The van der Waals surface area contributed by atoms with Gasteiger partial charge in [-0.15, -0.1) is 0 Å². The Morgan fingerprint density at radius 3 is 2.54 bits per heavy atom. The first-order valence-corrected chi connectivity index (χ1v) is 10.3. The fraction of sp³-hybridized carbons (Fsp3) is 0.619. The van der Waals surface area contributed by atoms with Gasteiger partial charge in [0, 0.05) is 49.9 Å². The molecule has 1 aliphatic rings. The minimum atomic E-state index is 0.169. The van der Waals surface area contributed by atoms with Crippen LogP contribution in [0, 0.1) is 5.92 Å². The van der Waals surface area contributed by atoms with E-state index in [-0.39, 0.29) is 11.9 Å². The maximum atomic E-state index is 11.5. The second-order valence-electron chi connectivity index (χ2n) is 8.31. The number of carbonyl (C=O) groups is 1. The van der Waals surface area contributed by atoms with Gasteiger partial charge in [0.05, 0.1) is 0 Å². The van der Waals surface area contributed by atoms with Crippen molar-refractivity contribution in [3.05, 3.63) is 18.0 Å². The number of likely N-dealkylation sites (tertiary alicyclic amines) is 1. The van der Waals surface area contributed by atoms with Gasteiger partial charge in [0.2, 0.25) is 11.9 Å². The molecule has 0 aliphatic carbocycles. The highest BCUT2D eigenvalue weighted by atomic mass is 16.2. The van der Waals surface area contributed by atoms with Gasteiger partial charge in [-0.05, 0) is 44.6 Å². The van der Waals surface area contributed by atoms with Gasteiger partial charge in [0.1, 0.15) is 5.52 Å². The second kappa shape index (κ2) is 8.71. The first kappa shape index (κ1) is 20.3. The molecule has 7 heteroatoms. The van der Waals surface area contributed by atoms with E-state index in [1.54, 1.807) is 6.92 Å². The molecule has 0 saturated carbocycles. The summed E-state index contributed by atoms with van der Waals surface area (Å²) in [6.07, 6.45) is 3.90. The zero-order valence-electron chi connectivity index (χ0n) is 17.6. The summed E-state index contributed by atoms with van der Waals surface area (Å²) >= 11 is 0. The Hall–Kier alpha value is -2.44. The summed E-state index contributed by atoms with van der Waals surface area (Å²) in [7, 11) is 0. The maximum Gasteiger partial charge on any atom is 0.223 e. The minimum absolute atomic E-state index is 0.169. The van der Waals surface area contributed by atoms with Crippen LogP contribution < -0.4 is 10.6 Å². The highest BCUT2D eigenvalue weighted by molar-refractivity contribution is 5.89. The molecular formula is C21H32N6O. The molecular weight excluding hydrogens is 352 g/mol. The Bertz CT molecular complexity index is 827. The van der Waals surface area contributed by atoms with E-state index in [0.29, 0.717) is 17.8 Å². The van der Waals surface area contributed by atoms with Gasteiger partial charge in [-0.1, -0.05) is 13.8 Å². The highest BCUT2D eigenvalue weighted by Crippen LogP contribution is 2.26. The van der Waals surface area contributed by atoms with Crippen LogP contribution in [0.15, 0.2) is 12.3 Å². The number of hydrogen-bond acceptors (Lipinski definition) is 6. The van der Waals surface area contributed by atoms with Crippen LogP contribution in [0.1, 0.15) is 59.1 Å². The van der Waals surface area contributed by atoms with Crippen LogP contribution in [-0.2, 0) is 4.79 Å². The van der Waals surface area contributed by atoms with Crippen molar-refractivity contribution in [2.45, 2.75) is 59.4 Å². The monoisotopic (exact) mass is 384 g/mol. The largest absolute Gasteiger partial charge is 0.366 e. The number of rotatable bonds is 6. The molecule has 0 radical (unpaired) electrons. The summed E-state index contributed by atoms with van der Waals surface area (Å²) in [4.78, 5) is 27.4. The van der Waals surface area contributed by atoms with Crippen LogP contribution in [0.4, 0.5) is 11.8 Å². The third kappa shape index (κ3) is 4.88. The minimum Gasteiger partial charge on any atom is -0.366 e. The Kier molecular flexibility index (Phi) is 6.31. The fourth-order valence-corrected chi connectivity index (χ4v) is 3.50. The van der Waals surface area contributed by atoms with Crippen LogP contribution in [0.2, 0.25) is 0 Å². The zero-order chi connectivity index (χ0) is 20.3. The molecule has 152 valence electrons. The molecule has 1 fully saturated rings. The lowest BCUT2D eigenvalue weighted by molar-refractivity contribution is -0.130. The Morgan fingerprint density at radius 2 is 1.93 bits per heavy atom. The smallest absolute Gasteiger partial charge is 0.223 e. The molecule has 0 atom stereocenters. The van der Waals surface area contributed by atoms with Crippen LogP contribution in [0.5, 0.6) is 0 Å². The van der Waals surface area contributed by atoms with Crippen molar-refractivity contribution in [1.29, 1.82) is 0 Å². The number of carbonyl (C=O) groups excluding carboxylic acids is 1. The third-order valence-corrected chi connectivity index (χ3v) is 5.21. The number of amides is 1. The Morgan fingerprint density at radius 1 is 1.21 bits per heavy atom. The summed E-state index contributed by atoms with van der Waals surface area (Å²) in [5.74, 6) is 2.49. The van der Waals surface area contributed by atoms with Gasteiger partial charge in [0.25, 0.3) is 0 Å².